The first kappa shape index (κ1) is 45.9. The summed E-state index contributed by atoms with van der Waals surface area (Å²) in [5.74, 6) is -3.48. The summed E-state index contributed by atoms with van der Waals surface area (Å²) in [6.45, 7) is 1.57. The van der Waals surface area contributed by atoms with Gasteiger partial charge < -0.3 is 56.7 Å². The lowest BCUT2D eigenvalue weighted by Gasteiger charge is -2.44. The van der Waals surface area contributed by atoms with Crippen molar-refractivity contribution in [1.29, 1.82) is 0 Å². The van der Waals surface area contributed by atoms with Gasteiger partial charge in [-0.2, -0.15) is 0 Å². The van der Waals surface area contributed by atoms with Gasteiger partial charge in [0.2, 0.25) is 35.4 Å². The molecular formula is C43H50N8O12. The van der Waals surface area contributed by atoms with E-state index in [-0.39, 0.29) is 44.2 Å². The summed E-state index contributed by atoms with van der Waals surface area (Å²) in [5.41, 5.74) is 9.58. The molecule has 7 amide bonds. The quantitative estimate of drug-likeness (QED) is 0.0766. The summed E-state index contributed by atoms with van der Waals surface area (Å²) in [4.78, 5) is 94.7. The number of carbonyl (C=O) groups excluding carboxylic acids is 7. The van der Waals surface area contributed by atoms with Gasteiger partial charge in [-0.3, -0.25) is 38.5 Å². The summed E-state index contributed by atoms with van der Waals surface area (Å²) in [6.07, 6.45) is -5.63. The van der Waals surface area contributed by atoms with E-state index in [1.165, 1.54) is 13.8 Å². The van der Waals surface area contributed by atoms with Gasteiger partial charge in [0.25, 0.3) is 5.91 Å². The number of nitrogens with zero attached hydrogens (tertiary/aromatic N) is 2. The number of ether oxygens (including phenoxy) is 3. The Kier molecular flexibility index (Phi) is 15.3. The number of benzene rings is 3. The SMILES string of the molecule is CC(=O)N[C@H]1[C@@H](OCc2ccccc2)O[C@H](CO)[C@@H](O)[C@@H]1OCC(=O)N[C@@H](C)C(=O)N[C@H](CCC(=O)NCCC(=O)Nc1ccc2c(c1)CN1C(=O)c3ccccc3C1=N2)C(N)=O. The molecule has 6 rings (SSSR count). The molecule has 0 saturated carbocycles. The molecule has 0 spiro atoms. The zero-order valence-corrected chi connectivity index (χ0v) is 34.6. The van der Waals surface area contributed by atoms with Crippen LogP contribution < -0.4 is 32.3 Å². The minimum Gasteiger partial charge on any atom is -0.394 e. The van der Waals surface area contributed by atoms with Crippen molar-refractivity contribution in [2.45, 2.75) is 89.0 Å². The van der Waals surface area contributed by atoms with Crippen molar-refractivity contribution in [2.75, 3.05) is 25.1 Å². The van der Waals surface area contributed by atoms with E-state index in [0.717, 1.165) is 16.7 Å². The normalized spacial score (nSPS) is 20.8. The van der Waals surface area contributed by atoms with Crippen LogP contribution in [0.15, 0.2) is 77.8 Å². The van der Waals surface area contributed by atoms with Gasteiger partial charge in [0.1, 0.15) is 48.9 Å². The Bertz CT molecular complexity index is 2240. The molecule has 3 aliphatic rings. The molecule has 3 heterocycles. The molecule has 1 fully saturated rings. The second-order valence-electron chi connectivity index (χ2n) is 15.2. The number of primary amides is 1. The van der Waals surface area contributed by atoms with E-state index < -0.39 is 85.5 Å². The molecule has 334 valence electrons. The monoisotopic (exact) mass is 870 g/mol. The van der Waals surface area contributed by atoms with Gasteiger partial charge in [-0.05, 0) is 48.7 Å². The predicted molar refractivity (Wildman–Crippen MR) is 224 cm³/mol. The highest BCUT2D eigenvalue weighted by atomic mass is 16.7. The minimum absolute atomic E-state index is 0.0268. The molecule has 20 nitrogen and oxygen atoms in total. The van der Waals surface area contributed by atoms with Crippen LogP contribution in [0.2, 0.25) is 0 Å². The van der Waals surface area contributed by atoms with Crippen LogP contribution in [0.1, 0.15) is 60.2 Å². The van der Waals surface area contributed by atoms with Crippen molar-refractivity contribution >= 4 is 58.6 Å². The van der Waals surface area contributed by atoms with E-state index >= 15 is 0 Å². The lowest BCUT2D eigenvalue weighted by atomic mass is 9.96. The molecule has 3 aromatic carbocycles. The molecule has 3 aliphatic heterocycles. The second kappa shape index (κ2) is 21.0. The molecule has 0 unspecified atom stereocenters. The maximum Gasteiger partial charge on any atom is 0.260 e. The fourth-order valence-corrected chi connectivity index (χ4v) is 7.26. The van der Waals surface area contributed by atoms with Gasteiger partial charge in [0.05, 0.1) is 31.0 Å². The Balaban J connectivity index is 0.919. The highest BCUT2D eigenvalue weighted by Crippen LogP contribution is 2.35. The standard InChI is InChI=1S/C43H50N8O12/c1-23(46-35(56)22-61-38-36(47-24(2)53)43(63-32(20-52)37(38)57)62-21-25-8-4-3-5-9-25)41(59)50-31(39(44)58)14-15-33(54)45-17-16-34(55)48-27-12-13-30-26(18-27)19-51-40(49-30)28-10-6-7-11-29(28)42(51)60/h3-13,18,23,31-32,36-38,43,52,57H,14-17,19-22H2,1-2H3,(H2,44,58)(H,45,54)(H,46,56)(H,47,53)(H,48,55)(H,50,59)/t23-,31+,32+,36+,37+,38+,43-/m0/s1. The number of anilines is 1. The van der Waals surface area contributed by atoms with Crippen LogP contribution in [0.4, 0.5) is 11.4 Å². The van der Waals surface area contributed by atoms with Gasteiger partial charge in [0, 0.05) is 37.6 Å². The van der Waals surface area contributed by atoms with Crippen LogP contribution in [0, 0.1) is 0 Å². The zero-order valence-electron chi connectivity index (χ0n) is 34.6. The van der Waals surface area contributed by atoms with Crippen molar-refractivity contribution in [3.8, 4) is 0 Å². The fraction of sp³-hybridized carbons (Fsp3) is 0.395. The Labute approximate surface area is 361 Å². The number of amidine groups is 1. The molecule has 1 saturated heterocycles. The number of hydrogen-bond donors (Lipinski definition) is 8. The first-order valence-electron chi connectivity index (χ1n) is 20.3. The Morgan fingerprint density at radius 1 is 0.937 bits per heavy atom. The van der Waals surface area contributed by atoms with E-state index in [9.17, 15) is 43.8 Å². The van der Waals surface area contributed by atoms with Crippen molar-refractivity contribution < 1.29 is 58.0 Å². The number of fused-ring (bicyclic) bond motifs is 4. The van der Waals surface area contributed by atoms with E-state index in [4.69, 9.17) is 19.9 Å². The second-order valence-corrected chi connectivity index (χ2v) is 15.2. The summed E-state index contributed by atoms with van der Waals surface area (Å²) in [7, 11) is 0. The Morgan fingerprint density at radius 3 is 2.38 bits per heavy atom. The number of amides is 7. The fourth-order valence-electron chi connectivity index (χ4n) is 7.26. The Hall–Kier alpha value is -6.58. The maximum atomic E-state index is 13.0. The number of aliphatic hydroxyl groups is 2. The first-order valence-corrected chi connectivity index (χ1v) is 20.3. The highest BCUT2D eigenvalue weighted by molar-refractivity contribution is 6.24. The molecular weight excluding hydrogens is 821 g/mol. The van der Waals surface area contributed by atoms with Crippen LogP contribution in [-0.4, -0.2) is 125 Å². The number of carbonyl (C=O) groups is 7. The highest BCUT2D eigenvalue weighted by Gasteiger charge is 2.47. The van der Waals surface area contributed by atoms with Gasteiger partial charge in [-0.1, -0.05) is 48.5 Å². The first-order chi connectivity index (χ1) is 30.2. The van der Waals surface area contributed by atoms with E-state index in [2.05, 4.69) is 31.6 Å². The topological polar surface area (TPSA) is 289 Å². The smallest absolute Gasteiger partial charge is 0.260 e. The summed E-state index contributed by atoms with van der Waals surface area (Å²) in [6, 6.07) is 17.9. The van der Waals surface area contributed by atoms with Gasteiger partial charge in [-0.15, -0.1) is 0 Å². The van der Waals surface area contributed by atoms with E-state index in [1.54, 1.807) is 59.5 Å². The lowest BCUT2D eigenvalue weighted by molar-refractivity contribution is -0.279. The van der Waals surface area contributed by atoms with Crippen molar-refractivity contribution in [3.63, 3.8) is 0 Å². The number of hydrogen-bond acceptors (Lipinski definition) is 13. The number of rotatable bonds is 19. The lowest BCUT2D eigenvalue weighted by Crippen LogP contribution is -2.65. The van der Waals surface area contributed by atoms with Crippen molar-refractivity contribution in [2.24, 2.45) is 10.7 Å². The third-order valence-corrected chi connectivity index (χ3v) is 10.5. The van der Waals surface area contributed by atoms with Gasteiger partial charge in [0.15, 0.2) is 6.29 Å². The number of aliphatic hydroxyl groups excluding tert-OH is 2. The van der Waals surface area contributed by atoms with E-state index in [1.807, 2.05) is 18.2 Å². The molecule has 7 atom stereocenters. The average Bonchev–Trinajstić information content (AvgIpc) is 3.53. The average molecular weight is 871 g/mol. The number of nitrogens with two attached hydrogens (primary N) is 1. The summed E-state index contributed by atoms with van der Waals surface area (Å²) < 4.78 is 17.3. The van der Waals surface area contributed by atoms with Crippen LogP contribution in [-0.2, 0) is 56.1 Å². The third kappa shape index (κ3) is 11.7. The number of aliphatic imine (C=N–C) groups is 1. The minimum atomic E-state index is -1.49. The molecule has 63 heavy (non-hydrogen) atoms. The largest absolute Gasteiger partial charge is 0.394 e. The van der Waals surface area contributed by atoms with Crippen molar-refractivity contribution in [3.05, 3.63) is 95.1 Å². The molecule has 0 radical (unpaired) electrons. The zero-order chi connectivity index (χ0) is 45.2. The van der Waals surface area contributed by atoms with Crippen molar-refractivity contribution in [1.82, 2.24) is 26.2 Å². The number of nitrogens with one attached hydrogen (secondary N) is 5. The van der Waals surface area contributed by atoms with Crippen LogP contribution in [0.25, 0.3) is 0 Å². The van der Waals surface area contributed by atoms with Crippen LogP contribution in [0.3, 0.4) is 0 Å². The van der Waals surface area contributed by atoms with Gasteiger partial charge in [-0.25, -0.2) is 4.99 Å². The molecule has 9 N–H and O–H groups in total. The molecule has 0 bridgehead atoms. The predicted octanol–water partition coefficient (Wildman–Crippen LogP) is -0.381. The van der Waals surface area contributed by atoms with Crippen LogP contribution >= 0.6 is 0 Å². The molecule has 20 heteroatoms. The van der Waals surface area contributed by atoms with Gasteiger partial charge >= 0.3 is 0 Å². The molecule has 0 aliphatic carbocycles. The Morgan fingerprint density at radius 2 is 1.67 bits per heavy atom. The van der Waals surface area contributed by atoms with Crippen LogP contribution in [0.5, 0.6) is 0 Å². The summed E-state index contributed by atoms with van der Waals surface area (Å²) >= 11 is 0. The third-order valence-electron chi connectivity index (χ3n) is 10.5. The summed E-state index contributed by atoms with van der Waals surface area (Å²) in [5, 5.41) is 33.6. The maximum absolute atomic E-state index is 13.0. The molecule has 3 aromatic rings. The molecule has 0 aromatic heterocycles. The van der Waals surface area contributed by atoms with E-state index in [0.29, 0.717) is 29.3 Å².